The average molecular weight is 620 g/mol. The first-order chi connectivity index (χ1) is 9.86. The van der Waals surface area contributed by atoms with Gasteiger partial charge in [0, 0.05) is 19.5 Å². The van der Waals surface area contributed by atoms with E-state index >= 15 is 0 Å². The second-order valence-electron chi connectivity index (χ2n) is 4.13. The van der Waals surface area contributed by atoms with E-state index in [0.29, 0.717) is 24.2 Å². The highest BCUT2D eigenvalue weighted by molar-refractivity contribution is 14.1. The Morgan fingerprint density at radius 2 is 1.67 bits per heavy atom. The first kappa shape index (κ1) is 17.1. The summed E-state index contributed by atoms with van der Waals surface area (Å²) in [6.07, 6.45) is -0.128. The lowest BCUT2D eigenvalue weighted by Gasteiger charge is -2.15. The van der Waals surface area contributed by atoms with Gasteiger partial charge in [-0.2, -0.15) is 0 Å². The molecule has 0 saturated heterocycles. The van der Waals surface area contributed by atoms with Crippen molar-refractivity contribution in [1.29, 1.82) is 0 Å². The lowest BCUT2D eigenvalue weighted by molar-refractivity contribution is -0.304. The van der Waals surface area contributed by atoms with Gasteiger partial charge in [0.2, 0.25) is 0 Å². The molecule has 0 unspecified atom stereocenters. The zero-order chi connectivity index (χ0) is 15.6. The zero-order valence-electron chi connectivity index (χ0n) is 10.4. The third kappa shape index (κ3) is 4.58. The maximum absolute atomic E-state index is 11.7. The normalized spacial score (nSPS) is 10.4. The van der Waals surface area contributed by atoms with E-state index in [2.05, 4.69) is 22.6 Å². The van der Waals surface area contributed by atoms with Crippen LogP contribution in [0.5, 0.6) is 17.2 Å². The van der Waals surface area contributed by atoms with Crippen molar-refractivity contribution in [3.8, 4) is 17.2 Å². The van der Waals surface area contributed by atoms with E-state index in [-0.39, 0.29) is 12.2 Å². The summed E-state index contributed by atoms with van der Waals surface area (Å²) in [5.74, 6) is 0.0640. The number of carboxylic acid groups (broad SMARTS) is 1. The van der Waals surface area contributed by atoms with Crippen molar-refractivity contribution < 1.29 is 19.7 Å². The van der Waals surface area contributed by atoms with Gasteiger partial charge >= 0.3 is 0 Å². The van der Waals surface area contributed by atoms with Gasteiger partial charge in [-0.3, -0.25) is 0 Å². The maximum atomic E-state index is 11.7. The summed E-state index contributed by atoms with van der Waals surface area (Å²) < 4.78 is 7.75. The molecule has 0 aliphatic rings. The monoisotopic (exact) mass is 620 g/mol. The van der Waals surface area contributed by atoms with Crippen LogP contribution in [0.2, 0.25) is 0 Å². The molecule has 0 aliphatic heterocycles. The lowest BCUT2D eigenvalue weighted by Crippen LogP contribution is -2.24. The molecule has 2 rings (SSSR count). The van der Waals surface area contributed by atoms with E-state index < -0.39 is 5.97 Å². The summed E-state index contributed by atoms with van der Waals surface area (Å²) in [6, 6.07) is 8.49. The minimum atomic E-state index is -1.12. The Labute approximate surface area is 162 Å². The Hall–Kier alpha value is -0.300. The lowest BCUT2D eigenvalue weighted by atomic mass is 10.1. The second kappa shape index (κ2) is 7.31. The van der Waals surface area contributed by atoms with Crippen LogP contribution < -0.4 is 14.9 Å². The number of carbonyl (C=O) groups is 1. The van der Waals surface area contributed by atoms with Crippen LogP contribution >= 0.6 is 67.8 Å². The topological polar surface area (TPSA) is 72.4 Å². The zero-order valence-corrected chi connectivity index (χ0v) is 16.8. The van der Waals surface area contributed by atoms with Gasteiger partial charge < -0.3 is 19.7 Å². The number of aliphatic carboxylic acids is 1. The largest absolute Gasteiger partial charge is 0.871 e. The molecule has 0 heterocycles. The predicted molar refractivity (Wildman–Crippen MR) is 99.3 cm³/mol. The smallest absolute Gasteiger partial charge is 0.140 e. The highest BCUT2D eigenvalue weighted by Crippen LogP contribution is 2.33. The molecule has 21 heavy (non-hydrogen) atoms. The van der Waals surface area contributed by atoms with Gasteiger partial charge in [0.1, 0.15) is 11.5 Å². The summed E-state index contributed by atoms with van der Waals surface area (Å²) in [5, 5.41) is 22.2. The summed E-state index contributed by atoms with van der Waals surface area (Å²) in [7, 11) is 0. The Bertz CT molecular complexity index is 678. The van der Waals surface area contributed by atoms with E-state index in [4.69, 9.17) is 4.74 Å². The molecule has 2 aromatic rings. The van der Waals surface area contributed by atoms with Gasteiger partial charge in [0.15, 0.2) is 0 Å². The molecule has 0 amide bonds. The standard InChI is InChI=1S/C14H9I3O4/c15-9-3-7(4-13(18)19)1-2-12(9)21-8-5-10(16)14(20)11(17)6-8/h1-3,5-6,20H,4H2,(H,18,19)/p-2. The molecular formula is C14H7I3O4-2. The molecule has 4 nitrogen and oxygen atoms in total. The molecule has 0 bridgehead atoms. The number of hydrogen-bond acceptors (Lipinski definition) is 4. The molecule has 0 spiro atoms. The summed E-state index contributed by atoms with van der Waals surface area (Å²) in [4.78, 5) is 10.6. The molecule has 0 fully saturated rings. The van der Waals surface area contributed by atoms with E-state index in [9.17, 15) is 15.0 Å². The van der Waals surface area contributed by atoms with Crippen LogP contribution in [0.15, 0.2) is 30.3 Å². The highest BCUT2D eigenvalue weighted by Gasteiger charge is 2.07. The molecule has 0 aromatic heterocycles. The SMILES string of the molecule is O=C([O-])Cc1ccc(Oc2cc(I)c([O-])c(I)c2)c(I)c1. The number of halogens is 3. The predicted octanol–water partition coefficient (Wildman–Crippen LogP) is 2.66. The van der Waals surface area contributed by atoms with Crippen molar-refractivity contribution in [2.45, 2.75) is 6.42 Å². The van der Waals surface area contributed by atoms with Crippen LogP contribution in [0, 0.1) is 10.7 Å². The Kier molecular flexibility index (Phi) is 5.94. The minimum absolute atomic E-state index is 0.0115. The van der Waals surface area contributed by atoms with Gasteiger partial charge in [-0.15, -0.1) is 0 Å². The van der Waals surface area contributed by atoms with E-state index in [1.807, 2.05) is 45.2 Å². The first-order valence-electron chi connectivity index (χ1n) is 5.69. The average Bonchev–Trinajstić information content (AvgIpc) is 2.38. The highest BCUT2D eigenvalue weighted by atomic mass is 127. The van der Waals surface area contributed by atoms with Crippen molar-refractivity contribution in [2.24, 2.45) is 0 Å². The summed E-state index contributed by atoms with van der Waals surface area (Å²) in [6.45, 7) is 0. The van der Waals surface area contributed by atoms with E-state index in [1.54, 1.807) is 30.3 Å². The third-order valence-electron chi connectivity index (χ3n) is 2.54. The summed E-state index contributed by atoms with van der Waals surface area (Å²) in [5.41, 5.74) is 0.658. The summed E-state index contributed by atoms with van der Waals surface area (Å²) >= 11 is 6.03. The van der Waals surface area contributed by atoms with Crippen LogP contribution in [-0.4, -0.2) is 5.97 Å². The number of rotatable bonds is 4. The number of carbonyl (C=O) groups excluding carboxylic acids is 1. The van der Waals surface area contributed by atoms with Crippen molar-refractivity contribution >= 4 is 73.7 Å². The Morgan fingerprint density at radius 1 is 1.05 bits per heavy atom. The number of hydrogen-bond donors (Lipinski definition) is 0. The van der Waals surface area contributed by atoms with Crippen molar-refractivity contribution in [3.63, 3.8) is 0 Å². The minimum Gasteiger partial charge on any atom is -0.871 e. The van der Waals surface area contributed by atoms with Crippen LogP contribution in [0.4, 0.5) is 0 Å². The molecular weight excluding hydrogens is 613 g/mol. The first-order valence-corrected chi connectivity index (χ1v) is 8.92. The quantitative estimate of drug-likeness (QED) is 0.494. The number of ether oxygens (including phenoxy) is 1. The fraction of sp³-hybridized carbons (Fsp3) is 0.0714. The van der Waals surface area contributed by atoms with E-state index in [0.717, 1.165) is 3.57 Å². The van der Waals surface area contributed by atoms with Crippen molar-refractivity contribution in [2.75, 3.05) is 0 Å². The van der Waals surface area contributed by atoms with Gasteiger partial charge in [0.05, 0.1) is 3.57 Å². The molecule has 2 aromatic carbocycles. The molecule has 0 N–H and O–H groups in total. The van der Waals surface area contributed by atoms with Gasteiger partial charge in [-0.25, -0.2) is 0 Å². The van der Waals surface area contributed by atoms with Gasteiger partial charge in [-0.05, 0) is 97.6 Å². The second-order valence-corrected chi connectivity index (χ2v) is 7.62. The van der Waals surface area contributed by atoms with E-state index in [1.165, 1.54) is 0 Å². The molecule has 0 aliphatic carbocycles. The molecule has 0 saturated carbocycles. The van der Waals surface area contributed by atoms with Crippen molar-refractivity contribution in [1.82, 2.24) is 0 Å². The van der Waals surface area contributed by atoms with Gasteiger partial charge in [-0.1, -0.05) is 11.8 Å². The van der Waals surface area contributed by atoms with Crippen LogP contribution in [0.1, 0.15) is 5.56 Å². The number of benzene rings is 2. The fourth-order valence-electron chi connectivity index (χ4n) is 1.63. The van der Waals surface area contributed by atoms with Crippen molar-refractivity contribution in [3.05, 3.63) is 46.6 Å². The molecule has 110 valence electrons. The molecule has 0 atom stereocenters. The molecule has 7 heteroatoms. The fourth-order valence-corrected chi connectivity index (χ4v) is 4.03. The Balaban J connectivity index is 2.26. The molecule has 0 radical (unpaired) electrons. The van der Waals surface area contributed by atoms with Crippen LogP contribution in [0.3, 0.4) is 0 Å². The van der Waals surface area contributed by atoms with Crippen LogP contribution in [0.25, 0.3) is 0 Å². The third-order valence-corrected chi connectivity index (χ3v) is 4.99. The Morgan fingerprint density at radius 3 is 2.19 bits per heavy atom. The number of carboxylic acids is 1. The maximum Gasteiger partial charge on any atom is 0.140 e. The van der Waals surface area contributed by atoms with Crippen LogP contribution in [-0.2, 0) is 11.2 Å². The van der Waals surface area contributed by atoms with Gasteiger partial charge in [0.25, 0.3) is 0 Å².